The third-order valence-corrected chi connectivity index (χ3v) is 4.08. The minimum atomic E-state index is -5.46. The van der Waals surface area contributed by atoms with Gasteiger partial charge >= 0.3 is 18.7 Å². The van der Waals surface area contributed by atoms with Gasteiger partial charge in [0.15, 0.2) is 11.3 Å². The average molecular weight is 473 g/mol. The molecule has 15 heteroatoms. The summed E-state index contributed by atoms with van der Waals surface area (Å²) in [5, 5.41) is 11.3. The van der Waals surface area contributed by atoms with Crippen LogP contribution in [0.2, 0.25) is 0 Å². The van der Waals surface area contributed by atoms with Crippen LogP contribution in [0.5, 0.6) is 0 Å². The van der Waals surface area contributed by atoms with E-state index in [0.29, 0.717) is 0 Å². The van der Waals surface area contributed by atoms with E-state index >= 15 is 0 Å². The summed E-state index contributed by atoms with van der Waals surface area (Å²) in [4.78, 5) is 17.5. The molecule has 0 radical (unpaired) electrons. The molecule has 0 bridgehead atoms. The van der Waals surface area contributed by atoms with E-state index in [0.717, 1.165) is 12.1 Å². The Morgan fingerprint density at radius 3 is 1.88 bits per heavy atom. The van der Waals surface area contributed by atoms with Crippen LogP contribution < -0.4 is 4.84 Å². The molecule has 3 aromatic rings. The Kier molecular flexibility index (Phi) is 5.26. The fourth-order valence-electron chi connectivity index (χ4n) is 2.88. The Hall–Kier alpha value is -3.52. The van der Waals surface area contributed by atoms with Crippen molar-refractivity contribution in [3.8, 4) is 11.4 Å². The lowest BCUT2D eigenvalue weighted by molar-refractivity contribution is -0.383. The first-order chi connectivity index (χ1) is 14.5. The number of non-ortho nitro benzene ring substituents is 1. The van der Waals surface area contributed by atoms with Gasteiger partial charge in [0.25, 0.3) is 5.69 Å². The topological polar surface area (TPSA) is 70.2 Å². The van der Waals surface area contributed by atoms with E-state index in [1.807, 2.05) is 0 Å². The van der Waals surface area contributed by atoms with E-state index < -0.39 is 62.9 Å². The second kappa shape index (κ2) is 7.27. The summed E-state index contributed by atoms with van der Waals surface area (Å²) in [7, 11) is 0. The van der Waals surface area contributed by atoms with E-state index in [2.05, 4.69) is 9.82 Å². The number of hydrogen-bond acceptors (Lipinski definition) is 4. The van der Waals surface area contributed by atoms with Crippen LogP contribution in [-0.2, 0) is 12.4 Å². The summed E-state index contributed by atoms with van der Waals surface area (Å²) >= 11 is 0. The zero-order valence-electron chi connectivity index (χ0n) is 15.4. The molecule has 0 aliphatic rings. The van der Waals surface area contributed by atoms with Crippen molar-refractivity contribution in [1.29, 1.82) is 0 Å². The molecule has 0 fully saturated rings. The van der Waals surface area contributed by atoms with Crippen LogP contribution in [0.15, 0.2) is 30.3 Å². The van der Waals surface area contributed by atoms with E-state index in [-0.39, 0.29) is 28.5 Å². The molecule has 0 N–H and O–H groups in total. The van der Waals surface area contributed by atoms with E-state index in [1.165, 1.54) is 6.92 Å². The Bertz CT molecular complexity index is 1180. The second-order valence-electron chi connectivity index (χ2n) is 6.47. The fraction of sp³-hybridized carbons (Fsp3) is 0.235. The van der Waals surface area contributed by atoms with Crippen LogP contribution in [0.1, 0.15) is 16.7 Å². The Labute approximate surface area is 170 Å². The lowest BCUT2D eigenvalue weighted by atomic mass is 10.0. The molecule has 0 atom stereocenters. The maximum absolute atomic E-state index is 13.2. The molecule has 1 heterocycles. The number of aromatic nitrogens is 2. The molecule has 2 aromatic carbocycles. The van der Waals surface area contributed by atoms with Gasteiger partial charge in [-0.05, 0) is 36.8 Å². The maximum atomic E-state index is 13.2. The zero-order chi connectivity index (χ0) is 24.2. The maximum Gasteiger partial charge on any atom is 0.591 e. The van der Waals surface area contributed by atoms with Crippen molar-refractivity contribution >= 4 is 16.7 Å². The molecule has 6 nitrogen and oxygen atoms in total. The molecule has 32 heavy (non-hydrogen) atoms. The first-order valence-corrected chi connectivity index (χ1v) is 8.21. The van der Waals surface area contributed by atoms with Crippen LogP contribution in [-0.4, -0.2) is 21.0 Å². The van der Waals surface area contributed by atoms with Crippen LogP contribution in [0, 0.1) is 17.0 Å². The van der Waals surface area contributed by atoms with Crippen molar-refractivity contribution in [2.75, 3.05) is 0 Å². The van der Waals surface area contributed by atoms with Gasteiger partial charge in [-0.2, -0.15) is 31.1 Å². The summed E-state index contributed by atoms with van der Waals surface area (Å²) in [5.74, 6) is -1.15. The standard InChI is InChI=1S/C17H8F9N3O3/c1-7-2-11-13(12(3-7)29(30)31)27-14(28(11)32-17(24,25)26)8-4-9(15(18,19)20)6-10(5-8)16(21,22)23/h2-6H,1H3. The van der Waals surface area contributed by atoms with Gasteiger partial charge in [0, 0.05) is 11.6 Å². The summed E-state index contributed by atoms with van der Waals surface area (Å²) in [6, 6.07) is 1.90. The third kappa shape index (κ3) is 4.55. The summed E-state index contributed by atoms with van der Waals surface area (Å²) < 4.78 is 118. The lowest BCUT2D eigenvalue weighted by Gasteiger charge is -2.16. The number of nitrogens with zero attached hydrogens (tertiary/aromatic N) is 3. The van der Waals surface area contributed by atoms with Crippen molar-refractivity contribution in [1.82, 2.24) is 9.71 Å². The number of halogens is 9. The van der Waals surface area contributed by atoms with Crippen molar-refractivity contribution in [2.45, 2.75) is 25.6 Å². The third-order valence-electron chi connectivity index (χ3n) is 4.08. The minimum absolute atomic E-state index is 0.0581. The number of alkyl halides is 9. The first kappa shape index (κ1) is 23.1. The number of nitro groups is 1. The van der Waals surface area contributed by atoms with Gasteiger partial charge in [0.1, 0.15) is 5.52 Å². The van der Waals surface area contributed by atoms with E-state index in [9.17, 15) is 49.6 Å². The summed E-state index contributed by atoms with van der Waals surface area (Å²) in [6.07, 6.45) is -16.0. The molecular formula is C17H8F9N3O3. The molecule has 172 valence electrons. The zero-order valence-corrected chi connectivity index (χ0v) is 15.4. The summed E-state index contributed by atoms with van der Waals surface area (Å²) in [5.41, 5.74) is -6.88. The SMILES string of the molecule is Cc1cc([N+](=O)[O-])c2nc(-c3cc(C(F)(F)F)cc(C(F)(F)F)c3)n(OC(F)(F)F)c2c1. The normalized spacial score (nSPS) is 12.9. The Morgan fingerprint density at radius 2 is 1.44 bits per heavy atom. The fourth-order valence-corrected chi connectivity index (χ4v) is 2.88. The van der Waals surface area contributed by atoms with Crippen molar-refractivity contribution in [3.05, 3.63) is 57.1 Å². The molecule has 0 saturated heterocycles. The van der Waals surface area contributed by atoms with Gasteiger partial charge < -0.3 is 4.84 Å². The molecule has 0 spiro atoms. The van der Waals surface area contributed by atoms with Gasteiger partial charge in [-0.3, -0.25) is 10.1 Å². The van der Waals surface area contributed by atoms with Crippen LogP contribution in [0.3, 0.4) is 0 Å². The van der Waals surface area contributed by atoms with Crippen LogP contribution >= 0.6 is 0 Å². The highest BCUT2D eigenvalue weighted by Crippen LogP contribution is 2.40. The Morgan fingerprint density at radius 1 is 0.906 bits per heavy atom. The van der Waals surface area contributed by atoms with Gasteiger partial charge in [-0.1, -0.05) is 0 Å². The lowest BCUT2D eigenvalue weighted by Crippen LogP contribution is -2.27. The van der Waals surface area contributed by atoms with E-state index in [4.69, 9.17) is 0 Å². The molecular weight excluding hydrogens is 465 g/mol. The number of aryl methyl sites for hydroxylation is 1. The van der Waals surface area contributed by atoms with Gasteiger partial charge in [0.05, 0.1) is 16.1 Å². The van der Waals surface area contributed by atoms with Gasteiger partial charge in [0.2, 0.25) is 0 Å². The highest BCUT2D eigenvalue weighted by atomic mass is 19.4. The number of imidazole rings is 1. The predicted octanol–water partition coefficient (Wildman–Crippen LogP) is 5.91. The van der Waals surface area contributed by atoms with Crippen LogP contribution in [0.4, 0.5) is 45.2 Å². The molecule has 0 unspecified atom stereocenters. The predicted molar refractivity (Wildman–Crippen MR) is 89.2 cm³/mol. The highest BCUT2D eigenvalue weighted by molar-refractivity contribution is 5.89. The second-order valence-corrected chi connectivity index (χ2v) is 6.47. The minimum Gasteiger partial charge on any atom is -0.311 e. The van der Waals surface area contributed by atoms with E-state index in [1.54, 1.807) is 0 Å². The van der Waals surface area contributed by atoms with Crippen molar-refractivity contribution < 1.29 is 49.3 Å². The quantitative estimate of drug-likeness (QED) is 0.270. The molecule has 0 amide bonds. The molecule has 0 aliphatic carbocycles. The smallest absolute Gasteiger partial charge is 0.311 e. The summed E-state index contributed by atoms with van der Waals surface area (Å²) in [6.45, 7) is 1.27. The number of benzene rings is 2. The monoisotopic (exact) mass is 473 g/mol. The van der Waals surface area contributed by atoms with Crippen molar-refractivity contribution in [3.63, 3.8) is 0 Å². The molecule has 3 rings (SSSR count). The molecule has 1 aromatic heterocycles. The van der Waals surface area contributed by atoms with Crippen LogP contribution in [0.25, 0.3) is 22.4 Å². The Balaban J connectivity index is 2.44. The number of rotatable bonds is 3. The molecule has 0 saturated carbocycles. The van der Waals surface area contributed by atoms with Crippen molar-refractivity contribution in [2.24, 2.45) is 0 Å². The highest BCUT2D eigenvalue weighted by Gasteiger charge is 2.39. The van der Waals surface area contributed by atoms with Gasteiger partial charge in [-0.15, -0.1) is 13.2 Å². The first-order valence-electron chi connectivity index (χ1n) is 8.21. The van der Waals surface area contributed by atoms with Gasteiger partial charge in [-0.25, -0.2) is 4.98 Å². The number of fused-ring (bicyclic) bond motifs is 1. The largest absolute Gasteiger partial charge is 0.591 e. The average Bonchev–Trinajstić information content (AvgIpc) is 2.95. The molecule has 0 aliphatic heterocycles. The number of hydrogen-bond donors (Lipinski definition) is 0. The number of nitro benzene ring substituents is 1.